The van der Waals surface area contributed by atoms with Gasteiger partial charge in [-0.25, -0.2) is 4.98 Å². The summed E-state index contributed by atoms with van der Waals surface area (Å²) < 4.78 is 5.43. The second kappa shape index (κ2) is 6.44. The number of benzene rings is 2. The van der Waals surface area contributed by atoms with Crippen molar-refractivity contribution in [1.29, 1.82) is 0 Å². The van der Waals surface area contributed by atoms with E-state index >= 15 is 0 Å². The van der Waals surface area contributed by atoms with Crippen LogP contribution in [-0.2, 0) is 6.42 Å². The van der Waals surface area contributed by atoms with Gasteiger partial charge in [0.25, 0.3) is 0 Å². The van der Waals surface area contributed by atoms with Crippen molar-refractivity contribution >= 4 is 23.1 Å². The third-order valence-electron chi connectivity index (χ3n) is 3.76. The van der Waals surface area contributed by atoms with Gasteiger partial charge in [-0.15, -0.1) is 0 Å². The number of methoxy groups -OCH3 is 1. The SMILES string of the molecule is CCc1ccc(OC)c(/C=C/c2ccc3ccccc3n2)c1. The Morgan fingerprint density at radius 1 is 1.00 bits per heavy atom. The fraction of sp³-hybridized carbons (Fsp3) is 0.150. The van der Waals surface area contributed by atoms with E-state index in [0.717, 1.165) is 34.3 Å². The van der Waals surface area contributed by atoms with Crippen molar-refractivity contribution in [2.24, 2.45) is 0 Å². The van der Waals surface area contributed by atoms with Crippen LogP contribution in [0.5, 0.6) is 5.75 Å². The van der Waals surface area contributed by atoms with E-state index in [1.807, 2.05) is 36.4 Å². The summed E-state index contributed by atoms with van der Waals surface area (Å²) in [6, 6.07) is 18.6. The predicted octanol–water partition coefficient (Wildman–Crippen LogP) is 4.98. The number of para-hydroxylation sites is 1. The van der Waals surface area contributed by atoms with E-state index in [0.29, 0.717) is 0 Å². The molecule has 0 atom stereocenters. The van der Waals surface area contributed by atoms with E-state index in [1.165, 1.54) is 5.56 Å². The van der Waals surface area contributed by atoms with Crippen molar-refractivity contribution in [3.05, 3.63) is 71.4 Å². The van der Waals surface area contributed by atoms with Gasteiger partial charge in [-0.05, 0) is 48.4 Å². The molecule has 1 aromatic heterocycles. The zero-order valence-corrected chi connectivity index (χ0v) is 12.9. The maximum Gasteiger partial charge on any atom is 0.126 e. The normalized spacial score (nSPS) is 11.2. The van der Waals surface area contributed by atoms with Gasteiger partial charge in [0.1, 0.15) is 5.75 Å². The van der Waals surface area contributed by atoms with E-state index < -0.39 is 0 Å². The van der Waals surface area contributed by atoms with Crippen molar-refractivity contribution in [3.8, 4) is 5.75 Å². The van der Waals surface area contributed by atoms with Crippen LogP contribution in [0.15, 0.2) is 54.6 Å². The molecule has 0 spiro atoms. The predicted molar refractivity (Wildman–Crippen MR) is 93.0 cm³/mol. The fourth-order valence-electron chi connectivity index (χ4n) is 2.48. The average molecular weight is 289 g/mol. The number of pyridine rings is 1. The molecule has 22 heavy (non-hydrogen) atoms. The van der Waals surface area contributed by atoms with E-state index in [1.54, 1.807) is 7.11 Å². The highest BCUT2D eigenvalue weighted by molar-refractivity contribution is 5.81. The Hall–Kier alpha value is -2.61. The Balaban J connectivity index is 1.95. The zero-order chi connectivity index (χ0) is 15.4. The average Bonchev–Trinajstić information content (AvgIpc) is 2.59. The first-order valence-corrected chi connectivity index (χ1v) is 7.51. The lowest BCUT2D eigenvalue weighted by molar-refractivity contribution is 0.413. The minimum absolute atomic E-state index is 0.884. The molecule has 0 fully saturated rings. The lowest BCUT2D eigenvalue weighted by Crippen LogP contribution is -1.89. The molecule has 2 nitrogen and oxygen atoms in total. The number of fused-ring (bicyclic) bond motifs is 1. The second-order valence-electron chi connectivity index (χ2n) is 5.19. The third-order valence-corrected chi connectivity index (χ3v) is 3.76. The van der Waals surface area contributed by atoms with Crippen molar-refractivity contribution in [2.75, 3.05) is 7.11 Å². The number of aryl methyl sites for hydroxylation is 1. The summed E-state index contributed by atoms with van der Waals surface area (Å²) in [5.41, 5.74) is 4.34. The van der Waals surface area contributed by atoms with Crippen LogP contribution in [0.3, 0.4) is 0 Å². The van der Waals surface area contributed by atoms with Crippen LogP contribution in [0.4, 0.5) is 0 Å². The molecular formula is C20H19NO. The summed E-state index contributed by atoms with van der Waals surface area (Å²) in [5, 5.41) is 1.16. The maximum absolute atomic E-state index is 5.43. The highest BCUT2D eigenvalue weighted by Crippen LogP contribution is 2.23. The molecule has 2 aromatic carbocycles. The quantitative estimate of drug-likeness (QED) is 0.676. The first kappa shape index (κ1) is 14.3. The first-order chi connectivity index (χ1) is 10.8. The van der Waals surface area contributed by atoms with Gasteiger partial charge in [0.2, 0.25) is 0 Å². The van der Waals surface area contributed by atoms with Gasteiger partial charge in [0, 0.05) is 10.9 Å². The Morgan fingerprint density at radius 3 is 2.68 bits per heavy atom. The second-order valence-corrected chi connectivity index (χ2v) is 5.19. The van der Waals surface area contributed by atoms with Crippen LogP contribution in [0.1, 0.15) is 23.7 Å². The molecule has 3 rings (SSSR count). The monoisotopic (exact) mass is 289 g/mol. The number of aromatic nitrogens is 1. The lowest BCUT2D eigenvalue weighted by Gasteiger charge is -2.06. The molecular weight excluding hydrogens is 270 g/mol. The molecule has 110 valence electrons. The van der Waals surface area contributed by atoms with Crippen LogP contribution in [0.2, 0.25) is 0 Å². The molecule has 0 saturated heterocycles. The molecule has 0 N–H and O–H groups in total. The van der Waals surface area contributed by atoms with E-state index in [2.05, 4.69) is 42.2 Å². The molecule has 0 aliphatic heterocycles. The number of rotatable bonds is 4. The Morgan fingerprint density at radius 2 is 1.86 bits per heavy atom. The van der Waals surface area contributed by atoms with Crippen molar-refractivity contribution in [1.82, 2.24) is 4.98 Å². The number of hydrogen-bond donors (Lipinski definition) is 0. The molecule has 0 amide bonds. The minimum Gasteiger partial charge on any atom is -0.496 e. The molecule has 0 bridgehead atoms. The van der Waals surface area contributed by atoms with Gasteiger partial charge in [-0.2, -0.15) is 0 Å². The molecule has 0 unspecified atom stereocenters. The summed E-state index contributed by atoms with van der Waals surface area (Å²) >= 11 is 0. The van der Waals surface area contributed by atoms with E-state index in [4.69, 9.17) is 4.74 Å². The Labute approximate surface area is 131 Å². The molecule has 0 aliphatic carbocycles. The van der Waals surface area contributed by atoms with Crippen LogP contribution < -0.4 is 4.74 Å². The lowest BCUT2D eigenvalue weighted by atomic mass is 10.1. The van der Waals surface area contributed by atoms with Crippen molar-refractivity contribution < 1.29 is 4.74 Å². The smallest absolute Gasteiger partial charge is 0.126 e. The van der Waals surface area contributed by atoms with Crippen LogP contribution >= 0.6 is 0 Å². The highest BCUT2D eigenvalue weighted by atomic mass is 16.5. The molecule has 1 heterocycles. The summed E-state index contributed by atoms with van der Waals surface area (Å²) in [4.78, 5) is 4.66. The zero-order valence-electron chi connectivity index (χ0n) is 12.9. The summed E-state index contributed by atoms with van der Waals surface area (Å²) in [6.07, 6.45) is 5.11. The Kier molecular flexibility index (Phi) is 4.19. The summed E-state index contributed by atoms with van der Waals surface area (Å²) in [5.74, 6) is 0.884. The van der Waals surface area contributed by atoms with Gasteiger partial charge in [-0.3, -0.25) is 0 Å². The van der Waals surface area contributed by atoms with Gasteiger partial charge in [-0.1, -0.05) is 37.3 Å². The van der Waals surface area contributed by atoms with E-state index in [-0.39, 0.29) is 0 Å². The maximum atomic E-state index is 5.43. The molecule has 0 saturated carbocycles. The largest absolute Gasteiger partial charge is 0.496 e. The topological polar surface area (TPSA) is 22.1 Å². The minimum atomic E-state index is 0.884. The van der Waals surface area contributed by atoms with Crippen LogP contribution in [-0.4, -0.2) is 12.1 Å². The molecule has 0 aliphatic rings. The van der Waals surface area contributed by atoms with Crippen molar-refractivity contribution in [3.63, 3.8) is 0 Å². The third kappa shape index (κ3) is 3.01. The van der Waals surface area contributed by atoms with E-state index in [9.17, 15) is 0 Å². The van der Waals surface area contributed by atoms with Gasteiger partial charge in [0.15, 0.2) is 0 Å². The fourth-order valence-corrected chi connectivity index (χ4v) is 2.48. The van der Waals surface area contributed by atoms with Crippen molar-refractivity contribution in [2.45, 2.75) is 13.3 Å². The number of ether oxygens (including phenoxy) is 1. The summed E-state index contributed by atoms with van der Waals surface area (Å²) in [6.45, 7) is 2.15. The van der Waals surface area contributed by atoms with Gasteiger partial charge >= 0.3 is 0 Å². The standard InChI is InChI=1S/C20H19NO/c1-3-15-8-13-20(22-2)17(14-15)10-12-18-11-9-16-6-4-5-7-19(16)21-18/h4-14H,3H2,1-2H3/b12-10+. The molecule has 2 heteroatoms. The number of hydrogen-bond acceptors (Lipinski definition) is 2. The molecule has 3 aromatic rings. The first-order valence-electron chi connectivity index (χ1n) is 7.51. The van der Waals surface area contributed by atoms with Crippen LogP contribution in [0, 0.1) is 0 Å². The number of nitrogens with zero attached hydrogens (tertiary/aromatic N) is 1. The van der Waals surface area contributed by atoms with Crippen LogP contribution in [0.25, 0.3) is 23.1 Å². The van der Waals surface area contributed by atoms with Gasteiger partial charge in [0.05, 0.1) is 18.3 Å². The Bertz CT molecular complexity index is 821. The van der Waals surface area contributed by atoms with Gasteiger partial charge < -0.3 is 4.74 Å². The molecule has 0 radical (unpaired) electrons. The summed E-state index contributed by atoms with van der Waals surface area (Å²) in [7, 11) is 1.70. The highest BCUT2D eigenvalue weighted by Gasteiger charge is 2.01.